The smallest absolute Gasteiger partial charge is 0.304 e. The number of aromatic nitrogens is 1. The van der Waals surface area contributed by atoms with Crippen molar-refractivity contribution in [1.82, 2.24) is 4.57 Å². The van der Waals surface area contributed by atoms with Gasteiger partial charge in [-0.05, 0) is 37.8 Å². The van der Waals surface area contributed by atoms with E-state index in [2.05, 4.69) is 42.7 Å². The molecule has 0 radical (unpaired) electrons. The van der Waals surface area contributed by atoms with Crippen LogP contribution in [0.5, 0.6) is 0 Å². The largest absolute Gasteiger partial charge is 0.481 e. The maximum absolute atomic E-state index is 11.3. The quantitative estimate of drug-likeness (QED) is 0.924. The Morgan fingerprint density at radius 1 is 1.40 bits per heavy atom. The summed E-state index contributed by atoms with van der Waals surface area (Å²) in [5.74, 6) is -0.701. The minimum absolute atomic E-state index is 0.219. The molecule has 1 aliphatic rings. The molecule has 3 nitrogen and oxygen atoms in total. The lowest BCUT2D eigenvalue weighted by atomic mass is 9.72. The molecule has 0 fully saturated rings. The highest BCUT2D eigenvalue weighted by Crippen LogP contribution is 2.44. The van der Waals surface area contributed by atoms with E-state index in [1.807, 2.05) is 0 Å². The zero-order valence-corrected chi connectivity index (χ0v) is 12.1. The number of hydrogen-bond donors (Lipinski definition) is 1. The van der Waals surface area contributed by atoms with Gasteiger partial charge >= 0.3 is 5.97 Å². The fourth-order valence-electron chi connectivity index (χ4n) is 3.93. The van der Waals surface area contributed by atoms with Gasteiger partial charge in [-0.15, -0.1) is 0 Å². The predicted molar refractivity (Wildman–Crippen MR) is 80.2 cm³/mol. The fourth-order valence-corrected chi connectivity index (χ4v) is 3.93. The number of para-hydroxylation sites is 1. The van der Waals surface area contributed by atoms with Gasteiger partial charge < -0.3 is 9.67 Å². The van der Waals surface area contributed by atoms with Crippen LogP contribution < -0.4 is 0 Å². The molecule has 1 heterocycles. The molecule has 0 aliphatic heterocycles. The summed E-state index contributed by atoms with van der Waals surface area (Å²) in [7, 11) is 0. The first-order chi connectivity index (χ1) is 9.57. The number of benzene rings is 1. The van der Waals surface area contributed by atoms with Gasteiger partial charge in [-0.25, -0.2) is 0 Å². The monoisotopic (exact) mass is 271 g/mol. The molecule has 3 rings (SSSR count). The molecule has 0 bridgehead atoms. The van der Waals surface area contributed by atoms with E-state index in [1.165, 1.54) is 22.2 Å². The van der Waals surface area contributed by atoms with E-state index in [-0.39, 0.29) is 11.8 Å². The maximum atomic E-state index is 11.3. The van der Waals surface area contributed by atoms with Crippen LogP contribution in [-0.2, 0) is 23.2 Å². The van der Waals surface area contributed by atoms with E-state index < -0.39 is 5.97 Å². The van der Waals surface area contributed by atoms with Gasteiger partial charge in [-0.1, -0.05) is 25.1 Å². The van der Waals surface area contributed by atoms with Crippen molar-refractivity contribution in [3.05, 3.63) is 35.5 Å². The molecular formula is C17H21NO2. The summed E-state index contributed by atoms with van der Waals surface area (Å²) in [5, 5.41) is 10.6. The molecule has 1 aliphatic carbocycles. The van der Waals surface area contributed by atoms with E-state index in [1.54, 1.807) is 0 Å². The second-order valence-corrected chi connectivity index (χ2v) is 6.07. The third kappa shape index (κ3) is 1.84. The molecule has 0 spiro atoms. The Hall–Kier alpha value is -1.77. The Labute approximate surface area is 119 Å². The Bertz CT molecular complexity index is 638. The minimum Gasteiger partial charge on any atom is -0.481 e. The van der Waals surface area contributed by atoms with Crippen molar-refractivity contribution in [3.8, 4) is 0 Å². The molecule has 20 heavy (non-hydrogen) atoms. The van der Waals surface area contributed by atoms with Gasteiger partial charge in [0.2, 0.25) is 0 Å². The molecule has 1 N–H and O–H groups in total. The molecule has 1 aromatic heterocycles. The molecule has 1 unspecified atom stereocenters. The lowest BCUT2D eigenvalue weighted by Crippen LogP contribution is -2.32. The van der Waals surface area contributed by atoms with Crippen molar-refractivity contribution in [3.63, 3.8) is 0 Å². The number of rotatable bonds is 3. The molecule has 1 aromatic carbocycles. The van der Waals surface area contributed by atoms with Crippen molar-refractivity contribution in [2.45, 2.75) is 51.5 Å². The van der Waals surface area contributed by atoms with Crippen LogP contribution in [0.4, 0.5) is 0 Å². The van der Waals surface area contributed by atoms with Crippen molar-refractivity contribution in [2.24, 2.45) is 0 Å². The van der Waals surface area contributed by atoms with E-state index >= 15 is 0 Å². The Morgan fingerprint density at radius 3 is 2.85 bits per heavy atom. The van der Waals surface area contributed by atoms with E-state index in [9.17, 15) is 9.90 Å². The average molecular weight is 271 g/mol. The van der Waals surface area contributed by atoms with Gasteiger partial charge in [0.25, 0.3) is 0 Å². The summed E-state index contributed by atoms with van der Waals surface area (Å²) in [6, 6.07) is 8.46. The molecule has 106 valence electrons. The van der Waals surface area contributed by atoms with Gasteiger partial charge in [0.15, 0.2) is 0 Å². The van der Waals surface area contributed by atoms with Crippen molar-refractivity contribution in [2.75, 3.05) is 0 Å². The lowest BCUT2D eigenvalue weighted by Gasteiger charge is -2.34. The van der Waals surface area contributed by atoms with Crippen molar-refractivity contribution < 1.29 is 9.90 Å². The van der Waals surface area contributed by atoms with Crippen LogP contribution in [0.15, 0.2) is 24.3 Å². The summed E-state index contributed by atoms with van der Waals surface area (Å²) >= 11 is 0. The molecule has 0 saturated carbocycles. The second-order valence-electron chi connectivity index (χ2n) is 6.07. The molecular weight excluding hydrogens is 250 g/mol. The van der Waals surface area contributed by atoms with Crippen LogP contribution >= 0.6 is 0 Å². The van der Waals surface area contributed by atoms with Gasteiger partial charge in [-0.2, -0.15) is 0 Å². The number of hydrogen-bond acceptors (Lipinski definition) is 1. The fraction of sp³-hybridized carbons (Fsp3) is 0.471. The standard InChI is InChI=1S/C17H21NO2/c1-3-18-14-9-5-4-7-12(14)13-8-6-10-17(2,16(13)18)11-15(19)20/h4-5,7,9H,3,6,8,10-11H2,1-2H3,(H,19,20). The summed E-state index contributed by atoms with van der Waals surface area (Å²) in [5.41, 5.74) is 3.64. The maximum Gasteiger partial charge on any atom is 0.304 e. The van der Waals surface area contributed by atoms with Crippen molar-refractivity contribution in [1.29, 1.82) is 0 Å². The van der Waals surface area contributed by atoms with Crippen LogP contribution in [0, 0.1) is 0 Å². The number of carboxylic acids is 1. The third-order valence-corrected chi connectivity index (χ3v) is 4.66. The molecule has 0 amide bonds. The lowest BCUT2D eigenvalue weighted by molar-refractivity contribution is -0.138. The zero-order chi connectivity index (χ0) is 14.3. The van der Waals surface area contributed by atoms with Gasteiger partial charge in [0.05, 0.1) is 6.42 Å². The highest BCUT2D eigenvalue weighted by Gasteiger charge is 2.38. The predicted octanol–water partition coefficient (Wildman–Crippen LogP) is 3.73. The molecule has 2 aromatic rings. The zero-order valence-electron chi connectivity index (χ0n) is 12.1. The van der Waals surface area contributed by atoms with Crippen LogP contribution in [0.3, 0.4) is 0 Å². The minimum atomic E-state index is -0.701. The number of aryl methyl sites for hydroxylation is 2. The first-order valence-corrected chi connectivity index (χ1v) is 7.39. The number of aliphatic carboxylic acids is 1. The first-order valence-electron chi connectivity index (χ1n) is 7.39. The third-order valence-electron chi connectivity index (χ3n) is 4.66. The van der Waals surface area contributed by atoms with Crippen LogP contribution in [0.25, 0.3) is 10.9 Å². The molecule has 3 heteroatoms. The highest BCUT2D eigenvalue weighted by molar-refractivity contribution is 5.86. The summed E-state index contributed by atoms with van der Waals surface area (Å²) < 4.78 is 2.33. The van der Waals surface area contributed by atoms with Crippen LogP contribution in [0.1, 0.15) is 44.4 Å². The van der Waals surface area contributed by atoms with E-state index in [0.717, 1.165) is 25.8 Å². The molecule has 0 saturated heterocycles. The number of carboxylic acid groups (broad SMARTS) is 1. The summed E-state index contributed by atoms with van der Waals surface area (Å²) in [4.78, 5) is 11.3. The average Bonchev–Trinajstić information content (AvgIpc) is 2.73. The van der Waals surface area contributed by atoms with Crippen LogP contribution in [-0.4, -0.2) is 15.6 Å². The van der Waals surface area contributed by atoms with Gasteiger partial charge in [0, 0.05) is 28.6 Å². The Balaban J connectivity index is 2.29. The summed E-state index contributed by atoms with van der Waals surface area (Å²) in [6.07, 6.45) is 3.32. The number of carbonyl (C=O) groups is 1. The number of nitrogens with zero attached hydrogens (tertiary/aromatic N) is 1. The van der Waals surface area contributed by atoms with E-state index in [0.29, 0.717) is 0 Å². The SMILES string of the molecule is CCn1c2c(c3ccccc31)CCCC2(C)CC(=O)O. The first kappa shape index (κ1) is 13.2. The highest BCUT2D eigenvalue weighted by atomic mass is 16.4. The Morgan fingerprint density at radius 2 is 2.15 bits per heavy atom. The van der Waals surface area contributed by atoms with E-state index in [4.69, 9.17) is 0 Å². The summed E-state index contributed by atoms with van der Waals surface area (Å²) in [6.45, 7) is 5.15. The van der Waals surface area contributed by atoms with Crippen LogP contribution in [0.2, 0.25) is 0 Å². The molecule has 1 atom stereocenters. The number of fused-ring (bicyclic) bond motifs is 3. The Kier molecular flexibility index (Phi) is 3.08. The topological polar surface area (TPSA) is 42.2 Å². The normalized spacial score (nSPS) is 21.9. The van der Waals surface area contributed by atoms with Gasteiger partial charge in [-0.3, -0.25) is 4.79 Å². The second kappa shape index (κ2) is 4.65. The van der Waals surface area contributed by atoms with Crippen molar-refractivity contribution >= 4 is 16.9 Å². The van der Waals surface area contributed by atoms with Gasteiger partial charge in [0.1, 0.15) is 0 Å².